The highest BCUT2D eigenvalue weighted by molar-refractivity contribution is 5.11. The lowest BCUT2D eigenvalue weighted by atomic mass is 10.0. The Kier molecular flexibility index (Phi) is 5.67. The molecule has 0 aromatic carbocycles. The fourth-order valence-electron chi connectivity index (χ4n) is 3.20. The van der Waals surface area contributed by atoms with E-state index in [0.717, 1.165) is 24.0 Å². The second kappa shape index (κ2) is 7.28. The molecule has 1 aromatic heterocycles. The summed E-state index contributed by atoms with van der Waals surface area (Å²) in [5, 5.41) is 3.70. The van der Waals surface area contributed by atoms with Crippen molar-refractivity contribution in [1.82, 2.24) is 10.2 Å². The van der Waals surface area contributed by atoms with Gasteiger partial charge in [0.1, 0.15) is 11.5 Å². The highest BCUT2D eigenvalue weighted by Crippen LogP contribution is 2.26. The molecule has 20 heavy (non-hydrogen) atoms. The Bertz CT molecular complexity index is 393. The van der Waals surface area contributed by atoms with Gasteiger partial charge in [0.25, 0.3) is 0 Å². The zero-order valence-corrected chi connectivity index (χ0v) is 13.5. The average molecular weight is 278 g/mol. The van der Waals surface area contributed by atoms with Crippen LogP contribution in [0.25, 0.3) is 0 Å². The molecular formula is C17H30N2O. The minimum Gasteiger partial charge on any atom is -0.465 e. The molecule has 1 aliphatic rings. The molecule has 0 unspecified atom stereocenters. The molecule has 2 rings (SSSR count). The van der Waals surface area contributed by atoms with Crippen LogP contribution < -0.4 is 5.32 Å². The van der Waals surface area contributed by atoms with Gasteiger partial charge in [0.05, 0.1) is 6.04 Å². The minimum absolute atomic E-state index is 0.390. The quantitative estimate of drug-likeness (QED) is 0.823. The smallest absolute Gasteiger partial charge is 0.122 e. The summed E-state index contributed by atoms with van der Waals surface area (Å²) in [7, 11) is 0. The highest BCUT2D eigenvalue weighted by atomic mass is 16.3. The van der Waals surface area contributed by atoms with Crippen LogP contribution in [-0.2, 0) is 0 Å². The van der Waals surface area contributed by atoms with Gasteiger partial charge in [0, 0.05) is 12.6 Å². The van der Waals surface area contributed by atoms with E-state index in [9.17, 15) is 0 Å². The van der Waals surface area contributed by atoms with Gasteiger partial charge in [-0.05, 0) is 64.3 Å². The van der Waals surface area contributed by atoms with E-state index in [-0.39, 0.29) is 0 Å². The number of nitrogens with one attached hydrogen (secondary N) is 1. The molecular weight excluding hydrogens is 248 g/mol. The summed E-state index contributed by atoms with van der Waals surface area (Å²) >= 11 is 0. The van der Waals surface area contributed by atoms with E-state index in [2.05, 4.69) is 43.1 Å². The molecule has 1 N–H and O–H groups in total. The van der Waals surface area contributed by atoms with Crippen molar-refractivity contribution in [2.24, 2.45) is 5.92 Å². The molecule has 0 aliphatic carbocycles. The van der Waals surface area contributed by atoms with Gasteiger partial charge in [-0.15, -0.1) is 0 Å². The summed E-state index contributed by atoms with van der Waals surface area (Å²) in [6.45, 7) is 12.3. The van der Waals surface area contributed by atoms with Crippen molar-refractivity contribution < 1.29 is 4.42 Å². The van der Waals surface area contributed by atoms with E-state index in [0.29, 0.717) is 12.1 Å². The summed E-state index contributed by atoms with van der Waals surface area (Å²) in [6.07, 6.45) is 3.86. The Morgan fingerprint density at radius 2 is 1.90 bits per heavy atom. The first kappa shape index (κ1) is 15.6. The van der Waals surface area contributed by atoms with Crippen LogP contribution in [0.2, 0.25) is 0 Å². The van der Waals surface area contributed by atoms with Crippen molar-refractivity contribution in [2.45, 2.75) is 59.0 Å². The van der Waals surface area contributed by atoms with Gasteiger partial charge in [-0.1, -0.05) is 13.8 Å². The van der Waals surface area contributed by atoms with E-state index in [1.54, 1.807) is 0 Å². The van der Waals surface area contributed by atoms with Gasteiger partial charge >= 0.3 is 0 Å². The molecule has 0 saturated carbocycles. The number of nitrogens with zero attached hydrogens (tertiary/aromatic N) is 1. The van der Waals surface area contributed by atoms with E-state index in [1.807, 2.05) is 6.92 Å². The maximum absolute atomic E-state index is 5.89. The molecule has 1 aromatic rings. The predicted octanol–water partition coefficient (Wildman–Crippen LogP) is 3.75. The summed E-state index contributed by atoms with van der Waals surface area (Å²) in [5.41, 5.74) is 0. The SMILES string of the molecule is Cc1ccc([C@H](CN[C@@H](C)CC(C)C)N2CCCC2)o1. The van der Waals surface area contributed by atoms with E-state index in [1.165, 1.54) is 32.4 Å². The molecule has 2 atom stereocenters. The van der Waals surface area contributed by atoms with Gasteiger partial charge in [0.2, 0.25) is 0 Å². The predicted molar refractivity (Wildman–Crippen MR) is 83.9 cm³/mol. The van der Waals surface area contributed by atoms with Crippen molar-refractivity contribution in [1.29, 1.82) is 0 Å². The van der Waals surface area contributed by atoms with Gasteiger partial charge in [0.15, 0.2) is 0 Å². The molecule has 0 radical (unpaired) electrons. The van der Waals surface area contributed by atoms with Crippen molar-refractivity contribution in [3.63, 3.8) is 0 Å². The monoisotopic (exact) mass is 278 g/mol. The summed E-state index contributed by atoms with van der Waals surface area (Å²) in [4.78, 5) is 2.56. The van der Waals surface area contributed by atoms with Crippen molar-refractivity contribution in [3.8, 4) is 0 Å². The number of hydrogen-bond acceptors (Lipinski definition) is 3. The second-order valence-electron chi connectivity index (χ2n) is 6.65. The van der Waals surface area contributed by atoms with Gasteiger partial charge in [-0.2, -0.15) is 0 Å². The molecule has 3 nitrogen and oxygen atoms in total. The maximum Gasteiger partial charge on any atom is 0.122 e. The van der Waals surface area contributed by atoms with Gasteiger partial charge in [-0.3, -0.25) is 4.90 Å². The summed E-state index contributed by atoms with van der Waals surface area (Å²) in [5.74, 6) is 2.88. The Balaban J connectivity index is 1.96. The van der Waals surface area contributed by atoms with Crippen LogP contribution in [0.1, 0.15) is 57.6 Å². The lowest BCUT2D eigenvalue weighted by molar-refractivity contribution is 0.202. The molecule has 0 bridgehead atoms. The molecule has 1 saturated heterocycles. The summed E-state index contributed by atoms with van der Waals surface area (Å²) < 4.78 is 5.89. The van der Waals surface area contributed by atoms with Gasteiger partial charge in [-0.25, -0.2) is 0 Å². The molecule has 1 aliphatic heterocycles. The zero-order chi connectivity index (χ0) is 14.5. The number of likely N-dealkylation sites (tertiary alicyclic amines) is 1. The Morgan fingerprint density at radius 1 is 1.20 bits per heavy atom. The number of hydrogen-bond donors (Lipinski definition) is 1. The Hall–Kier alpha value is -0.800. The molecule has 0 spiro atoms. The largest absolute Gasteiger partial charge is 0.465 e. The van der Waals surface area contributed by atoms with Crippen LogP contribution in [0.4, 0.5) is 0 Å². The van der Waals surface area contributed by atoms with E-state index >= 15 is 0 Å². The lowest BCUT2D eigenvalue weighted by Crippen LogP contribution is -2.38. The van der Waals surface area contributed by atoms with Crippen molar-refractivity contribution in [3.05, 3.63) is 23.7 Å². The third-order valence-electron chi connectivity index (χ3n) is 4.16. The third-order valence-corrected chi connectivity index (χ3v) is 4.16. The van der Waals surface area contributed by atoms with E-state index in [4.69, 9.17) is 4.42 Å². The Labute approximate surface area is 123 Å². The highest BCUT2D eigenvalue weighted by Gasteiger charge is 2.26. The van der Waals surface area contributed by atoms with Crippen molar-refractivity contribution in [2.75, 3.05) is 19.6 Å². The first-order valence-electron chi connectivity index (χ1n) is 8.10. The molecule has 3 heteroatoms. The molecule has 1 fully saturated rings. The maximum atomic E-state index is 5.89. The second-order valence-corrected chi connectivity index (χ2v) is 6.65. The van der Waals surface area contributed by atoms with Gasteiger partial charge < -0.3 is 9.73 Å². The van der Waals surface area contributed by atoms with Crippen molar-refractivity contribution >= 4 is 0 Å². The fraction of sp³-hybridized carbons (Fsp3) is 0.765. The minimum atomic E-state index is 0.390. The number of aryl methyl sites for hydroxylation is 1. The fourth-order valence-corrected chi connectivity index (χ4v) is 3.20. The summed E-state index contributed by atoms with van der Waals surface area (Å²) in [6, 6.07) is 5.18. The topological polar surface area (TPSA) is 28.4 Å². The standard InChI is InChI=1S/C17H30N2O/c1-13(2)11-14(3)18-12-16(19-9-5-6-10-19)17-8-7-15(4)20-17/h7-8,13-14,16,18H,5-6,9-12H2,1-4H3/t14-,16-/m0/s1. The number of rotatable bonds is 7. The Morgan fingerprint density at radius 3 is 2.45 bits per heavy atom. The first-order valence-corrected chi connectivity index (χ1v) is 8.10. The zero-order valence-electron chi connectivity index (χ0n) is 13.5. The van der Waals surface area contributed by atoms with Crippen LogP contribution in [-0.4, -0.2) is 30.6 Å². The van der Waals surface area contributed by atoms with Crippen LogP contribution in [0.3, 0.4) is 0 Å². The normalized spacial score (nSPS) is 19.6. The molecule has 0 amide bonds. The van der Waals surface area contributed by atoms with Crippen LogP contribution in [0.15, 0.2) is 16.5 Å². The molecule has 2 heterocycles. The third kappa shape index (κ3) is 4.35. The lowest BCUT2D eigenvalue weighted by Gasteiger charge is -2.28. The van der Waals surface area contributed by atoms with Crippen LogP contribution in [0, 0.1) is 12.8 Å². The van der Waals surface area contributed by atoms with Crippen LogP contribution in [0.5, 0.6) is 0 Å². The van der Waals surface area contributed by atoms with E-state index < -0.39 is 0 Å². The number of furan rings is 1. The molecule has 114 valence electrons. The average Bonchev–Trinajstić information content (AvgIpc) is 3.01. The van der Waals surface area contributed by atoms with Crippen LogP contribution >= 0.6 is 0 Å². The first-order chi connectivity index (χ1) is 9.56.